The number of nitrogens with one attached hydrogen (secondary N) is 3. The molecule has 5 nitrogen and oxygen atoms in total. The van der Waals surface area contributed by atoms with Crippen molar-refractivity contribution in [3.8, 4) is 0 Å². The lowest BCUT2D eigenvalue weighted by Crippen LogP contribution is -2.43. The number of anilines is 1. The van der Waals surface area contributed by atoms with E-state index in [4.69, 9.17) is 4.74 Å². The fourth-order valence-electron chi connectivity index (χ4n) is 2.44. The van der Waals surface area contributed by atoms with Crippen LogP contribution in [0, 0.1) is 0 Å². The van der Waals surface area contributed by atoms with E-state index in [0.717, 1.165) is 31.9 Å². The molecule has 1 heterocycles. The Kier molecular flexibility index (Phi) is 5.38. The molecule has 1 fully saturated rings. The van der Waals surface area contributed by atoms with Gasteiger partial charge >= 0.3 is 0 Å². The molecule has 2 rings (SSSR count). The van der Waals surface area contributed by atoms with Gasteiger partial charge in [-0.05, 0) is 31.5 Å². The minimum atomic E-state index is -0.0661. The summed E-state index contributed by atoms with van der Waals surface area (Å²) < 4.78 is 5.46. The van der Waals surface area contributed by atoms with E-state index < -0.39 is 0 Å². The molecule has 0 aliphatic carbocycles. The number of carbonyl (C=O) groups is 1. The van der Waals surface area contributed by atoms with Crippen LogP contribution in [-0.4, -0.2) is 44.8 Å². The molecule has 1 saturated heterocycles. The summed E-state index contributed by atoms with van der Waals surface area (Å²) in [6.45, 7) is 4.63. The quantitative estimate of drug-likeness (QED) is 0.757. The van der Waals surface area contributed by atoms with Crippen LogP contribution in [0.1, 0.15) is 23.7 Å². The summed E-state index contributed by atoms with van der Waals surface area (Å²) in [4.78, 5) is 11.6. The monoisotopic (exact) mass is 277 g/mol. The van der Waals surface area contributed by atoms with Crippen molar-refractivity contribution in [3.05, 3.63) is 29.8 Å². The van der Waals surface area contributed by atoms with Crippen LogP contribution < -0.4 is 16.0 Å². The predicted octanol–water partition coefficient (Wildman–Crippen LogP) is 1.23. The first kappa shape index (κ1) is 14.8. The normalized spacial score (nSPS) is 20.2. The van der Waals surface area contributed by atoms with Gasteiger partial charge in [0.15, 0.2) is 0 Å². The topological polar surface area (TPSA) is 62.4 Å². The molecule has 2 unspecified atom stereocenters. The molecule has 3 N–H and O–H groups in total. The number of hydrogen-bond donors (Lipinski definition) is 3. The maximum absolute atomic E-state index is 11.6. The third-order valence-electron chi connectivity index (χ3n) is 3.40. The van der Waals surface area contributed by atoms with E-state index >= 15 is 0 Å². The Labute approximate surface area is 120 Å². The maximum Gasteiger partial charge on any atom is 0.251 e. The molecule has 5 heteroatoms. The van der Waals surface area contributed by atoms with Crippen LogP contribution in [0.15, 0.2) is 24.3 Å². The van der Waals surface area contributed by atoms with Crippen LogP contribution >= 0.6 is 0 Å². The summed E-state index contributed by atoms with van der Waals surface area (Å²) in [5.74, 6) is -0.0661. The highest BCUT2D eigenvalue weighted by Crippen LogP contribution is 2.14. The Morgan fingerprint density at radius 3 is 3.10 bits per heavy atom. The third-order valence-corrected chi connectivity index (χ3v) is 3.40. The Morgan fingerprint density at radius 2 is 2.40 bits per heavy atom. The fourth-order valence-corrected chi connectivity index (χ4v) is 2.44. The summed E-state index contributed by atoms with van der Waals surface area (Å²) in [7, 11) is 1.64. The van der Waals surface area contributed by atoms with Gasteiger partial charge in [-0.3, -0.25) is 4.79 Å². The van der Waals surface area contributed by atoms with E-state index in [9.17, 15) is 4.79 Å². The molecule has 1 amide bonds. The molecule has 0 radical (unpaired) electrons. The van der Waals surface area contributed by atoms with Gasteiger partial charge in [0.25, 0.3) is 5.91 Å². The van der Waals surface area contributed by atoms with E-state index in [-0.39, 0.29) is 5.91 Å². The lowest BCUT2D eigenvalue weighted by atomic mass is 10.1. The molecule has 1 aromatic rings. The predicted molar refractivity (Wildman–Crippen MR) is 80.1 cm³/mol. The fraction of sp³-hybridized carbons (Fsp3) is 0.533. The number of carbonyl (C=O) groups excluding carboxylic acids is 1. The summed E-state index contributed by atoms with van der Waals surface area (Å²) in [5.41, 5.74) is 1.64. The third kappa shape index (κ3) is 4.21. The summed E-state index contributed by atoms with van der Waals surface area (Å²) in [5, 5.41) is 9.51. The highest BCUT2D eigenvalue weighted by atomic mass is 16.5. The van der Waals surface area contributed by atoms with Crippen molar-refractivity contribution in [3.63, 3.8) is 0 Å². The molecule has 1 aromatic carbocycles. The van der Waals surface area contributed by atoms with E-state index in [1.165, 1.54) is 0 Å². The van der Waals surface area contributed by atoms with Gasteiger partial charge in [-0.2, -0.15) is 0 Å². The first-order valence-corrected chi connectivity index (χ1v) is 7.09. The summed E-state index contributed by atoms with van der Waals surface area (Å²) in [6, 6.07) is 8.27. The Morgan fingerprint density at radius 1 is 1.55 bits per heavy atom. The second kappa shape index (κ2) is 7.26. The van der Waals surface area contributed by atoms with Crippen molar-refractivity contribution in [2.75, 3.05) is 32.1 Å². The molecule has 0 aromatic heterocycles. The zero-order chi connectivity index (χ0) is 14.4. The largest absolute Gasteiger partial charge is 0.383 e. The molecule has 20 heavy (non-hydrogen) atoms. The highest BCUT2D eigenvalue weighted by molar-refractivity contribution is 5.94. The van der Waals surface area contributed by atoms with Crippen molar-refractivity contribution in [2.45, 2.75) is 25.4 Å². The highest BCUT2D eigenvalue weighted by Gasteiger charge is 2.16. The molecule has 0 saturated carbocycles. The van der Waals surface area contributed by atoms with Gasteiger partial charge in [0.05, 0.1) is 13.2 Å². The van der Waals surface area contributed by atoms with Crippen molar-refractivity contribution in [2.24, 2.45) is 0 Å². The Hall–Kier alpha value is -1.59. The molecule has 1 aliphatic rings. The standard InChI is InChI=1S/C15H23N3O2/c1-11(8-14-10-20-7-6-17-14)18-13-5-3-4-12(9-13)15(19)16-2/h3-5,9,11,14,17-18H,6-8,10H2,1-2H3,(H,16,19). The minimum absolute atomic E-state index is 0.0661. The number of morpholine rings is 1. The van der Waals surface area contributed by atoms with Crippen LogP contribution in [-0.2, 0) is 4.74 Å². The van der Waals surface area contributed by atoms with E-state index in [1.807, 2.05) is 24.3 Å². The zero-order valence-electron chi connectivity index (χ0n) is 12.1. The Balaban J connectivity index is 1.89. The van der Waals surface area contributed by atoms with Gasteiger partial charge in [-0.15, -0.1) is 0 Å². The first-order valence-electron chi connectivity index (χ1n) is 7.09. The number of hydrogen-bond acceptors (Lipinski definition) is 4. The van der Waals surface area contributed by atoms with Gasteiger partial charge in [0.2, 0.25) is 0 Å². The smallest absolute Gasteiger partial charge is 0.251 e. The molecular weight excluding hydrogens is 254 g/mol. The number of benzene rings is 1. The van der Waals surface area contributed by atoms with Crippen molar-refractivity contribution < 1.29 is 9.53 Å². The second-order valence-corrected chi connectivity index (χ2v) is 5.17. The summed E-state index contributed by atoms with van der Waals surface area (Å²) in [6.07, 6.45) is 0.990. The number of rotatable bonds is 5. The molecule has 2 atom stereocenters. The lowest BCUT2D eigenvalue weighted by Gasteiger charge is -2.27. The maximum atomic E-state index is 11.6. The summed E-state index contributed by atoms with van der Waals surface area (Å²) >= 11 is 0. The van der Waals surface area contributed by atoms with Crippen LogP contribution in [0.4, 0.5) is 5.69 Å². The van der Waals surface area contributed by atoms with Gasteiger partial charge in [-0.25, -0.2) is 0 Å². The van der Waals surface area contributed by atoms with Crippen molar-refractivity contribution in [1.82, 2.24) is 10.6 Å². The average Bonchev–Trinajstić information content (AvgIpc) is 2.47. The molecule has 0 spiro atoms. The number of ether oxygens (including phenoxy) is 1. The van der Waals surface area contributed by atoms with E-state index in [2.05, 4.69) is 22.9 Å². The van der Waals surface area contributed by atoms with Crippen LogP contribution in [0.5, 0.6) is 0 Å². The first-order chi connectivity index (χ1) is 9.69. The van der Waals surface area contributed by atoms with Gasteiger partial charge in [-0.1, -0.05) is 6.07 Å². The second-order valence-electron chi connectivity index (χ2n) is 5.17. The molecule has 0 bridgehead atoms. The zero-order valence-corrected chi connectivity index (χ0v) is 12.1. The molecule has 110 valence electrons. The number of amides is 1. The van der Waals surface area contributed by atoms with Crippen LogP contribution in [0.2, 0.25) is 0 Å². The van der Waals surface area contributed by atoms with Gasteiger partial charge < -0.3 is 20.7 Å². The van der Waals surface area contributed by atoms with E-state index in [0.29, 0.717) is 17.6 Å². The molecule has 1 aliphatic heterocycles. The van der Waals surface area contributed by atoms with Crippen molar-refractivity contribution >= 4 is 11.6 Å². The van der Waals surface area contributed by atoms with Crippen LogP contribution in [0.3, 0.4) is 0 Å². The molecular formula is C15H23N3O2. The van der Waals surface area contributed by atoms with Crippen molar-refractivity contribution in [1.29, 1.82) is 0 Å². The average molecular weight is 277 g/mol. The van der Waals surface area contributed by atoms with Gasteiger partial charge in [0, 0.05) is 36.9 Å². The van der Waals surface area contributed by atoms with E-state index in [1.54, 1.807) is 7.05 Å². The van der Waals surface area contributed by atoms with Gasteiger partial charge in [0.1, 0.15) is 0 Å². The van der Waals surface area contributed by atoms with Crippen LogP contribution in [0.25, 0.3) is 0 Å². The Bertz CT molecular complexity index is 444. The lowest BCUT2D eigenvalue weighted by molar-refractivity contribution is 0.0731. The minimum Gasteiger partial charge on any atom is -0.383 e. The SMILES string of the molecule is CNC(=O)c1cccc(NC(C)CC2COCCN2)c1.